The first-order valence-electron chi connectivity index (χ1n) is 24.8. The van der Waals surface area contributed by atoms with Crippen molar-refractivity contribution in [1.82, 2.24) is 0 Å². The van der Waals surface area contributed by atoms with E-state index in [9.17, 15) is 0 Å². The SMILES string of the molecule is CC(C)(C)c1cc2c(c(C(C)(C)C)c1)OP(=O)([O][Al][O]P1(=O)Oc3c(cc(C(C)(C)C)cc3C(C)(C)C)Cc3cc(C(C)(C)C)cc(C(C)(C)C)c3O1)Oc1c(cc(C(C)(C)C)cc1C(C)(C)C)C2.O. The Morgan fingerprint density at radius 1 is 0.343 bits per heavy atom. The number of phosphoric acid groups is 2. The Bertz CT molecular complexity index is 2370. The fraction of sp³-hybridized carbons (Fsp3) is 0.586. The van der Waals surface area contributed by atoms with Crippen molar-refractivity contribution in [3.05, 3.63) is 115 Å². The second kappa shape index (κ2) is 18.7. The highest BCUT2D eigenvalue weighted by molar-refractivity contribution is 7.52. The smallest absolute Gasteiger partial charge is 0.412 e. The molecule has 2 heterocycles. The van der Waals surface area contributed by atoms with E-state index >= 15 is 9.13 Å². The Morgan fingerprint density at radius 2 is 0.529 bits per heavy atom. The molecule has 6 rings (SSSR count). The van der Waals surface area contributed by atoms with Gasteiger partial charge >= 0.3 is 31.5 Å². The maximum absolute atomic E-state index is 15.9. The number of rotatable bonds is 4. The van der Waals surface area contributed by atoms with Crippen molar-refractivity contribution in [2.45, 2.75) is 222 Å². The minimum absolute atomic E-state index is 0. The summed E-state index contributed by atoms with van der Waals surface area (Å²) >= 11 is -1.87. The van der Waals surface area contributed by atoms with Gasteiger partial charge in [-0.2, -0.15) is 0 Å². The van der Waals surface area contributed by atoms with Crippen molar-refractivity contribution < 1.29 is 39.9 Å². The Morgan fingerprint density at radius 3 is 0.686 bits per heavy atom. The van der Waals surface area contributed by atoms with Crippen molar-refractivity contribution in [2.75, 3.05) is 0 Å². The monoisotopic (exact) mass is 1020 g/mol. The van der Waals surface area contributed by atoms with Gasteiger partial charge in [-0.15, -0.1) is 0 Å². The third-order valence-electron chi connectivity index (χ3n) is 13.3. The van der Waals surface area contributed by atoms with Gasteiger partial charge in [-0.3, -0.25) is 0 Å². The summed E-state index contributed by atoms with van der Waals surface area (Å²) < 4.78 is 71.6. The molecule has 0 fully saturated rings. The molecule has 9 nitrogen and oxygen atoms in total. The molecule has 2 aliphatic rings. The van der Waals surface area contributed by atoms with Crippen LogP contribution in [0.1, 0.15) is 233 Å². The van der Waals surface area contributed by atoms with E-state index in [-0.39, 0.29) is 27.1 Å². The molecule has 0 saturated carbocycles. The Hall–Kier alpha value is -3.05. The second-order valence-corrected chi connectivity index (χ2v) is 32.4. The molecule has 0 aliphatic carbocycles. The number of hydrogen-bond donors (Lipinski definition) is 0. The zero-order valence-electron chi connectivity index (χ0n) is 47.3. The molecule has 0 unspecified atom stereocenters. The molecule has 4 aromatic rings. The van der Waals surface area contributed by atoms with Crippen LogP contribution >= 0.6 is 15.6 Å². The third kappa shape index (κ3) is 12.6. The lowest BCUT2D eigenvalue weighted by Crippen LogP contribution is -2.24. The van der Waals surface area contributed by atoms with Crippen molar-refractivity contribution in [3.8, 4) is 23.0 Å². The van der Waals surface area contributed by atoms with Gasteiger partial charge in [0.15, 0.2) is 0 Å². The Labute approximate surface area is 429 Å². The van der Waals surface area contributed by atoms with E-state index in [0.717, 1.165) is 66.8 Å². The fourth-order valence-corrected chi connectivity index (χ4v) is 12.6. The summed E-state index contributed by atoms with van der Waals surface area (Å²) in [6.07, 6.45) is 0.952. The molecule has 0 aromatic heterocycles. The van der Waals surface area contributed by atoms with Crippen LogP contribution in [0, 0.1) is 0 Å². The maximum atomic E-state index is 15.9. The van der Waals surface area contributed by atoms with Crippen LogP contribution in [0.3, 0.4) is 0 Å². The van der Waals surface area contributed by atoms with Crippen LogP contribution in [-0.2, 0) is 72.4 Å². The van der Waals surface area contributed by atoms with E-state index in [4.69, 9.17) is 25.2 Å². The number of benzene rings is 4. The van der Waals surface area contributed by atoms with Crippen LogP contribution in [-0.4, -0.2) is 21.4 Å². The lowest BCUT2D eigenvalue weighted by molar-refractivity contribution is 0.256. The summed E-state index contributed by atoms with van der Waals surface area (Å²) in [6, 6.07) is 17.3. The number of phosphoric ester groups is 2. The lowest BCUT2D eigenvalue weighted by Gasteiger charge is -2.35. The van der Waals surface area contributed by atoms with Gasteiger partial charge in [0.25, 0.3) is 0 Å². The van der Waals surface area contributed by atoms with Crippen molar-refractivity contribution in [3.63, 3.8) is 0 Å². The molecule has 0 atom stereocenters. The van der Waals surface area contributed by atoms with Gasteiger partial charge < -0.3 is 30.7 Å². The number of fused-ring (bicyclic) bond motifs is 4. The van der Waals surface area contributed by atoms with E-state index in [1.54, 1.807) is 0 Å². The van der Waals surface area contributed by atoms with Crippen LogP contribution < -0.4 is 18.1 Å². The maximum Gasteiger partial charge on any atom is 0.689 e. The Balaban J connectivity index is 0.00000913. The summed E-state index contributed by atoms with van der Waals surface area (Å²) in [5.74, 6) is 1.79. The highest BCUT2D eigenvalue weighted by Gasteiger charge is 2.45. The van der Waals surface area contributed by atoms with Crippen molar-refractivity contribution >= 4 is 31.5 Å². The first kappa shape index (κ1) is 57.8. The average molecular weight is 1020 g/mol. The van der Waals surface area contributed by atoms with Gasteiger partial charge in [0.2, 0.25) is 0 Å². The van der Waals surface area contributed by atoms with E-state index in [1.807, 2.05) is 0 Å². The van der Waals surface area contributed by atoms with E-state index in [2.05, 4.69) is 215 Å². The highest BCUT2D eigenvalue weighted by Crippen LogP contribution is 2.61. The predicted octanol–water partition coefficient (Wildman–Crippen LogP) is 16.4. The Kier molecular flexibility index (Phi) is 15.5. The molecule has 0 bridgehead atoms. The van der Waals surface area contributed by atoms with Gasteiger partial charge in [0, 0.05) is 35.1 Å². The average Bonchev–Trinajstić information content (AvgIpc) is 3.12. The standard InChI is InChI=1S/2C29H43O4P.Al.H2O/c2*1-26(2,3)20-14-18-13-19-15-21(27(4,5)6)17-23(29(10,11)12)25(19)33-34(30,31)32-24(18)22(16-20)28(7,8)9;;/h2*14-17H,13H2,1-12H3,(H,30,31);;1H2/q;;+2;/p-2. The molecule has 70 heavy (non-hydrogen) atoms. The summed E-state index contributed by atoms with van der Waals surface area (Å²) in [4.78, 5) is 0. The normalized spacial score (nSPS) is 16.4. The van der Waals surface area contributed by atoms with Crippen LogP contribution in [0.25, 0.3) is 0 Å². The summed E-state index contributed by atoms with van der Waals surface area (Å²) in [6.45, 7) is 51.9. The molecule has 0 amide bonds. The zero-order valence-corrected chi connectivity index (χ0v) is 50.2. The third-order valence-corrected chi connectivity index (χ3v) is 17.7. The first-order chi connectivity index (χ1) is 30.9. The predicted molar refractivity (Wildman–Crippen MR) is 290 cm³/mol. The molecule has 385 valence electrons. The molecule has 12 heteroatoms. The summed E-state index contributed by atoms with van der Waals surface area (Å²) in [5, 5.41) is 0. The zero-order chi connectivity index (χ0) is 52.3. The minimum atomic E-state index is -4.65. The lowest BCUT2D eigenvalue weighted by atomic mass is 9.76. The van der Waals surface area contributed by atoms with Crippen LogP contribution in [0.2, 0.25) is 0 Å². The van der Waals surface area contributed by atoms with Crippen LogP contribution in [0.15, 0.2) is 48.5 Å². The van der Waals surface area contributed by atoms with E-state index in [1.165, 1.54) is 0 Å². The van der Waals surface area contributed by atoms with E-state index in [0.29, 0.717) is 35.8 Å². The fourth-order valence-electron chi connectivity index (χ4n) is 8.78. The molecule has 1 radical (unpaired) electrons. The second-order valence-electron chi connectivity index (χ2n) is 28.0. The van der Waals surface area contributed by atoms with Gasteiger partial charge in [-0.25, -0.2) is 9.13 Å². The minimum Gasteiger partial charge on any atom is -0.412 e. The molecule has 2 N–H and O–H groups in total. The number of hydrogen-bond acceptors (Lipinski definition) is 8. The first-order valence-corrected chi connectivity index (χ1v) is 28.6. The topological polar surface area (TPSA) is 121 Å². The van der Waals surface area contributed by atoms with Crippen LogP contribution in [0.5, 0.6) is 23.0 Å². The molecule has 2 aliphatic heterocycles. The highest BCUT2D eigenvalue weighted by atomic mass is 31.2. The van der Waals surface area contributed by atoms with Gasteiger partial charge in [-0.1, -0.05) is 215 Å². The van der Waals surface area contributed by atoms with Crippen molar-refractivity contribution in [2.24, 2.45) is 0 Å². The molecular weight excluding hydrogens is 930 g/mol. The van der Waals surface area contributed by atoms with Crippen LogP contribution in [0.4, 0.5) is 0 Å². The molecular formula is C58H86AlO9P2. The largest absolute Gasteiger partial charge is 0.689 e. The van der Waals surface area contributed by atoms with Gasteiger partial charge in [0.1, 0.15) is 23.0 Å². The summed E-state index contributed by atoms with van der Waals surface area (Å²) in [5.41, 5.74) is 9.09. The van der Waals surface area contributed by atoms with Crippen molar-refractivity contribution in [1.29, 1.82) is 0 Å². The summed E-state index contributed by atoms with van der Waals surface area (Å²) in [7, 11) is -9.29. The molecule has 0 saturated heterocycles. The quantitative estimate of drug-likeness (QED) is 0.146. The van der Waals surface area contributed by atoms with Gasteiger partial charge in [-0.05, 0) is 87.8 Å². The molecule has 0 spiro atoms. The van der Waals surface area contributed by atoms with E-state index < -0.39 is 53.2 Å². The van der Waals surface area contributed by atoms with Gasteiger partial charge in [0.05, 0.1) is 0 Å². The molecule has 4 aromatic carbocycles.